The van der Waals surface area contributed by atoms with E-state index >= 15 is 0 Å². The Morgan fingerprint density at radius 1 is 1.13 bits per heavy atom. The molecule has 1 aromatic carbocycles. The fourth-order valence-corrected chi connectivity index (χ4v) is 3.84. The third-order valence-electron chi connectivity index (χ3n) is 5.41. The molecule has 2 aliphatic heterocycles. The van der Waals surface area contributed by atoms with E-state index in [0.29, 0.717) is 61.8 Å². The number of piperazine rings is 1. The molecule has 2 aromatic rings. The van der Waals surface area contributed by atoms with Crippen LogP contribution in [-0.2, 0) is 11.2 Å². The summed E-state index contributed by atoms with van der Waals surface area (Å²) in [6, 6.07) is 7.19. The molecule has 10 heteroatoms. The van der Waals surface area contributed by atoms with E-state index in [4.69, 9.17) is 15.3 Å². The number of carbonyl (C=O) groups is 2. The zero-order valence-electron chi connectivity index (χ0n) is 17.2. The van der Waals surface area contributed by atoms with E-state index in [1.54, 1.807) is 48.3 Å². The fraction of sp³-hybridized carbons (Fsp3) is 0.450. The Morgan fingerprint density at radius 2 is 1.83 bits per heavy atom. The second-order valence-corrected chi connectivity index (χ2v) is 7.17. The molecule has 2 N–H and O–H groups in total. The summed E-state index contributed by atoms with van der Waals surface area (Å²) in [6.07, 6.45) is 0.522. The molecule has 1 fully saturated rings. The lowest BCUT2D eigenvalue weighted by atomic mass is 10.0. The first-order valence-electron chi connectivity index (χ1n) is 10.0. The number of hydrogen-bond acceptors (Lipinski definition) is 8. The Hall–Kier alpha value is -2.95. The molecule has 3 heterocycles. The Bertz CT molecular complexity index is 934. The lowest BCUT2D eigenvalue weighted by molar-refractivity contribution is -0.0401. The highest BCUT2D eigenvalue weighted by molar-refractivity contribution is 6.00. The minimum Gasteiger partial charge on any atom is -0.497 e. The van der Waals surface area contributed by atoms with Gasteiger partial charge in [0, 0.05) is 38.3 Å². The number of nitrogens with two attached hydrogens (primary N) is 1. The van der Waals surface area contributed by atoms with Crippen molar-refractivity contribution in [1.29, 1.82) is 0 Å². The topological polar surface area (TPSA) is 106 Å². The molecule has 4 rings (SSSR count). The van der Waals surface area contributed by atoms with Crippen molar-refractivity contribution in [3.8, 4) is 11.4 Å². The Morgan fingerprint density at radius 3 is 2.47 bits per heavy atom. The maximum Gasteiger partial charge on any atom is 0.359 e. The summed E-state index contributed by atoms with van der Waals surface area (Å²) in [6.45, 7) is 5.17. The van der Waals surface area contributed by atoms with Crippen LogP contribution in [0.25, 0.3) is 5.69 Å². The number of rotatable bonds is 5. The first-order valence-corrected chi connectivity index (χ1v) is 10.0. The molecule has 30 heavy (non-hydrogen) atoms. The first-order chi connectivity index (χ1) is 14.5. The summed E-state index contributed by atoms with van der Waals surface area (Å²) in [5, 5.41) is 9.99. The highest BCUT2D eigenvalue weighted by Crippen LogP contribution is 2.28. The van der Waals surface area contributed by atoms with Crippen LogP contribution in [0.5, 0.6) is 5.75 Å². The van der Waals surface area contributed by atoms with E-state index in [2.05, 4.69) is 5.10 Å². The minimum absolute atomic E-state index is 0.180. The SMILES string of the molecule is CCOC(=O)c1nn(-c2ccc(OC)cc2)c2c1CCN(N1CCN(N)CC1)C2=O. The van der Waals surface area contributed by atoms with E-state index in [9.17, 15) is 9.59 Å². The van der Waals surface area contributed by atoms with Crippen LogP contribution in [0.1, 0.15) is 33.5 Å². The second kappa shape index (κ2) is 8.42. The lowest BCUT2D eigenvalue weighted by Crippen LogP contribution is -2.58. The standard InChI is InChI=1S/C20H26N6O4/c1-3-30-20(28)17-16-8-9-25(24-12-10-23(21)11-13-24)19(27)18(16)26(22-17)14-4-6-15(29-2)7-5-14/h4-7H,3,8-13,21H2,1-2H3. The van der Waals surface area contributed by atoms with E-state index in [-0.39, 0.29) is 18.2 Å². The molecule has 0 radical (unpaired) electrons. The highest BCUT2D eigenvalue weighted by atomic mass is 16.5. The van der Waals surface area contributed by atoms with Gasteiger partial charge in [-0.1, -0.05) is 0 Å². The fourth-order valence-electron chi connectivity index (χ4n) is 3.84. The number of ether oxygens (including phenoxy) is 2. The third-order valence-corrected chi connectivity index (χ3v) is 5.41. The van der Waals surface area contributed by atoms with Gasteiger partial charge >= 0.3 is 5.97 Å². The van der Waals surface area contributed by atoms with Crippen molar-refractivity contribution in [3.63, 3.8) is 0 Å². The van der Waals surface area contributed by atoms with Crippen molar-refractivity contribution >= 4 is 11.9 Å². The number of methoxy groups -OCH3 is 1. The number of amides is 1. The molecule has 0 aliphatic carbocycles. The van der Waals surface area contributed by atoms with Crippen LogP contribution in [0.2, 0.25) is 0 Å². The molecule has 0 bridgehead atoms. The van der Waals surface area contributed by atoms with E-state index < -0.39 is 5.97 Å². The lowest BCUT2D eigenvalue weighted by Gasteiger charge is -2.41. The van der Waals surface area contributed by atoms with E-state index in [1.807, 2.05) is 5.01 Å². The number of fused-ring (bicyclic) bond motifs is 1. The number of carbonyl (C=O) groups excluding carboxylic acids is 2. The minimum atomic E-state index is -0.515. The maximum atomic E-state index is 13.5. The average Bonchev–Trinajstić information content (AvgIpc) is 3.16. The summed E-state index contributed by atoms with van der Waals surface area (Å²) in [7, 11) is 1.59. The van der Waals surface area contributed by atoms with Crippen molar-refractivity contribution < 1.29 is 19.1 Å². The molecule has 1 amide bonds. The second-order valence-electron chi connectivity index (χ2n) is 7.17. The zero-order chi connectivity index (χ0) is 21.3. The largest absolute Gasteiger partial charge is 0.497 e. The van der Waals surface area contributed by atoms with Crippen LogP contribution >= 0.6 is 0 Å². The van der Waals surface area contributed by atoms with Crippen LogP contribution in [0.4, 0.5) is 0 Å². The van der Waals surface area contributed by atoms with Gasteiger partial charge in [0.1, 0.15) is 11.4 Å². The number of hydrazine groups is 2. The van der Waals surface area contributed by atoms with E-state index in [1.165, 1.54) is 4.68 Å². The summed E-state index contributed by atoms with van der Waals surface area (Å²) < 4.78 is 11.9. The van der Waals surface area contributed by atoms with Gasteiger partial charge in [0.05, 0.1) is 19.4 Å². The number of esters is 1. The predicted molar refractivity (Wildman–Crippen MR) is 108 cm³/mol. The summed E-state index contributed by atoms with van der Waals surface area (Å²) >= 11 is 0. The van der Waals surface area contributed by atoms with Crippen LogP contribution < -0.4 is 10.6 Å². The van der Waals surface area contributed by atoms with Gasteiger partial charge in [-0.3, -0.25) is 15.6 Å². The van der Waals surface area contributed by atoms with Gasteiger partial charge in [0.2, 0.25) is 0 Å². The van der Waals surface area contributed by atoms with Crippen molar-refractivity contribution in [2.75, 3.05) is 46.4 Å². The van der Waals surface area contributed by atoms with Gasteiger partial charge in [-0.05, 0) is 37.6 Å². The summed E-state index contributed by atoms with van der Waals surface area (Å²) in [5.41, 5.74) is 1.89. The number of nitrogens with zero attached hydrogens (tertiary/aromatic N) is 5. The Balaban J connectivity index is 1.74. The van der Waals surface area contributed by atoms with Gasteiger partial charge < -0.3 is 9.47 Å². The maximum absolute atomic E-state index is 13.5. The van der Waals surface area contributed by atoms with Gasteiger partial charge in [-0.15, -0.1) is 0 Å². The molecule has 2 aliphatic rings. The quantitative estimate of drug-likeness (QED) is 0.556. The molecule has 0 saturated carbocycles. The van der Waals surface area contributed by atoms with Crippen molar-refractivity contribution in [3.05, 3.63) is 41.2 Å². The van der Waals surface area contributed by atoms with Crippen LogP contribution in [0.3, 0.4) is 0 Å². The van der Waals surface area contributed by atoms with Crippen LogP contribution in [-0.4, -0.2) is 83.1 Å². The number of benzene rings is 1. The molecule has 1 aromatic heterocycles. The normalized spacial score (nSPS) is 17.7. The summed E-state index contributed by atoms with van der Waals surface area (Å²) in [4.78, 5) is 26.0. The predicted octanol–water partition coefficient (Wildman–Crippen LogP) is 0.462. The molecule has 0 atom stereocenters. The average molecular weight is 414 g/mol. The zero-order valence-corrected chi connectivity index (χ0v) is 17.2. The van der Waals surface area contributed by atoms with Crippen LogP contribution in [0, 0.1) is 0 Å². The van der Waals surface area contributed by atoms with Crippen molar-refractivity contribution in [2.24, 2.45) is 5.84 Å². The molecule has 1 saturated heterocycles. The van der Waals surface area contributed by atoms with Gasteiger partial charge in [0.25, 0.3) is 5.91 Å². The summed E-state index contributed by atoms with van der Waals surface area (Å²) in [5.74, 6) is 5.85. The van der Waals surface area contributed by atoms with Gasteiger partial charge in [-0.2, -0.15) is 5.10 Å². The number of aromatic nitrogens is 2. The molecule has 160 valence electrons. The molecular formula is C20H26N6O4. The highest BCUT2D eigenvalue weighted by Gasteiger charge is 2.37. The van der Waals surface area contributed by atoms with E-state index in [0.717, 1.165) is 0 Å². The molecule has 0 unspecified atom stereocenters. The van der Waals surface area contributed by atoms with Crippen molar-refractivity contribution in [1.82, 2.24) is 24.8 Å². The molecular weight excluding hydrogens is 388 g/mol. The van der Waals surface area contributed by atoms with Crippen molar-refractivity contribution in [2.45, 2.75) is 13.3 Å². The van der Waals surface area contributed by atoms with Gasteiger partial charge in [0.15, 0.2) is 5.69 Å². The smallest absolute Gasteiger partial charge is 0.359 e. The first kappa shape index (κ1) is 20.3. The molecule has 10 nitrogen and oxygen atoms in total. The molecule has 0 spiro atoms. The van der Waals surface area contributed by atoms with Crippen LogP contribution in [0.15, 0.2) is 24.3 Å². The third kappa shape index (κ3) is 3.64. The monoisotopic (exact) mass is 414 g/mol. The Kier molecular flexibility index (Phi) is 5.71. The van der Waals surface area contributed by atoms with Gasteiger partial charge in [-0.25, -0.2) is 19.5 Å². The number of hydrogen-bond donors (Lipinski definition) is 1. The Labute approximate surface area is 174 Å².